The first kappa shape index (κ1) is 12.3. The minimum Gasteiger partial charge on any atom is -0.299 e. The van der Waals surface area contributed by atoms with Crippen molar-refractivity contribution in [2.45, 2.75) is 19.9 Å². The topological polar surface area (TPSA) is 37.2 Å². The molecule has 1 aromatic heterocycles. The van der Waals surface area contributed by atoms with E-state index in [0.29, 0.717) is 0 Å². The summed E-state index contributed by atoms with van der Waals surface area (Å²) in [5.74, 6) is 0. The second-order valence-corrected chi connectivity index (χ2v) is 5.44. The molecule has 0 amide bonds. The largest absolute Gasteiger partial charge is 0.299 e. The lowest BCUT2D eigenvalue weighted by atomic mass is 10.3. The van der Waals surface area contributed by atoms with E-state index in [9.17, 15) is 0 Å². The van der Waals surface area contributed by atoms with Crippen molar-refractivity contribution in [1.29, 1.82) is 0 Å². The Balaban J connectivity index is 1.74. The molecule has 0 unspecified atom stereocenters. The van der Waals surface area contributed by atoms with Gasteiger partial charge in [0, 0.05) is 61.8 Å². The molecule has 0 bridgehead atoms. The lowest BCUT2D eigenvalue weighted by Crippen LogP contribution is -2.43. The first-order valence-corrected chi connectivity index (χ1v) is 6.76. The van der Waals surface area contributed by atoms with Gasteiger partial charge in [-0.2, -0.15) is 0 Å². The van der Waals surface area contributed by atoms with Gasteiger partial charge in [-0.1, -0.05) is 12.1 Å². The van der Waals surface area contributed by atoms with Crippen molar-refractivity contribution >= 4 is 22.9 Å². The van der Waals surface area contributed by atoms with Gasteiger partial charge in [-0.25, -0.2) is 3.11 Å². The van der Waals surface area contributed by atoms with Crippen molar-refractivity contribution in [1.82, 2.24) is 23.0 Å². The van der Waals surface area contributed by atoms with Gasteiger partial charge >= 0.3 is 0 Å². The summed E-state index contributed by atoms with van der Waals surface area (Å²) in [6.45, 7) is 8.80. The Bertz CT molecular complexity index is 319. The van der Waals surface area contributed by atoms with Crippen LogP contribution in [-0.4, -0.2) is 55.7 Å². The van der Waals surface area contributed by atoms with Crippen LogP contribution < -0.4 is 0 Å². The lowest BCUT2D eigenvalue weighted by Gasteiger charge is -2.30. The summed E-state index contributed by atoms with van der Waals surface area (Å²) in [5, 5.41) is 8.21. The molecule has 2 rings (SSSR count). The summed E-state index contributed by atoms with van der Waals surface area (Å²) in [6.07, 6.45) is 3.02. The molecule has 5 nitrogen and oxygen atoms in total. The van der Waals surface area contributed by atoms with E-state index in [0.717, 1.165) is 51.4 Å². The van der Waals surface area contributed by atoms with Crippen molar-refractivity contribution in [2.24, 2.45) is 0 Å². The quantitative estimate of drug-likeness (QED) is 0.603. The number of rotatable bonds is 4. The maximum absolute atomic E-state index is 4.11. The normalized spacial score (nSPS) is 19.1. The van der Waals surface area contributed by atoms with Gasteiger partial charge in [-0.3, -0.25) is 9.58 Å². The molecule has 6 heteroatoms. The summed E-state index contributed by atoms with van der Waals surface area (Å²) in [6, 6.07) is 0. The van der Waals surface area contributed by atoms with Crippen molar-refractivity contribution in [2.75, 3.05) is 32.7 Å². The Morgan fingerprint density at radius 1 is 1.25 bits per heavy atom. The maximum Gasteiger partial charge on any atom is 0.0824 e. The molecule has 1 aliphatic heterocycles. The molecule has 0 N–H and O–H groups in total. The van der Waals surface area contributed by atoms with Gasteiger partial charge in [0.05, 0.1) is 12.2 Å². The highest BCUT2D eigenvalue weighted by Gasteiger charge is 2.14. The van der Waals surface area contributed by atoms with E-state index in [-0.39, 0.29) is 0 Å². The fourth-order valence-electron chi connectivity index (χ4n) is 1.80. The second kappa shape index (κ2) is 5.92. The zero-order chi connectivity index (χ0) is 11.4. The number of nitrogens with zero attached hydrogens (tertiary/aromatic N) is 5. The minimum absolute atomic E-state index is 0.953. The van der Waals surface area contributed by atoms with Crippen molar-refractivity contribution in [3.05, 3.63) is 11.9 Å². The number of hydrogen-bond acceptors (Lipinski definition) is 4. The van der Waals surface area contributed by atoms with E-state index in [4.69, 9.17) is 0 Å². The van der Waals surface area contributed by atoms with Crippen LogP contribution in [0.2, 0.25) is 0 Å². The first-order valence-electron chi connectivity index (χ1n) is 5.80. The summed E-state index contributed by atoms with van der Waals surface area (Å²) in [5.41, 5.74) is 1.08. The van der Waals surface area contributed by atoms with Crippen molar-refractivity contribution in [3.63, 3.8) is 0 Å². The van der Waals surface area contributed by atoms with Gasteiger partial charge < -0.3 is 0 Å². The van der Waals surface area contributed by atoms with Crippen LogP contribution in [0.5, 0.6) is 0 Å². The molecule has 0 atom stereocenters. The van der Waals surface area contributed by atoms with Crippen molar-refractivity contribution in [3.8, 4) is 0 Å². The summed E-state index contributed by atoms with van der Waals surface area (Å²) < 4.78 is 4.30. The Morgan fingerprint density at radius 2 is 2.00 bits per heavy atom. The highest BCUT2D eigenvalue weighted by atomic mass is 127. The third kappa shape index (κ3) is 3.39. The molecule has 0 spiro atoms. The van der Waals surface area contributed by atoms with Crippen LogP contribution in [0.4, 0.5) is 0 Å². The van der Waals surface area contributed by atoms with Crippen LogP contribution in [0.3, 0.4) is 0 Å². The van der Waals surface area contributed by atoms with Gasteiger partial charge in [-0.15, -0.1) is 5.10 Å². The summed E-state index contributed by atoms with van der Waals surface area (Å²) in [7, 11) is 0. The van der Waals surface area contributed by atoms with Gasteiger partial charge in [-0.05, 0) is 6.42 Å². The molecule has 0 aromatic carbocycles. The third-order valence-electron chi connectivity index (χ3n) is 2.91. The zero-order valence-electron chi connectivity index (χ0n) is 9.64. The summed E-state index contributed by atoms with van der Waals surface area (Å²) >= 11 is 2.39. The number of hydrogen-bond donors (Lipinski definition) is 0. The molecule has 16 heavy (non-hydrogen) atoms. The molecule has 1 saturated heterocycles. The summed E-state index contributed by atoms with van der Waals surface area (Å²) in [4.78, 5) is 2.49. The molecule has 0 saturated carbocycles. The van der Waals surface area contributed by atoms with E-state index in [1.807, 2.05) is 4.68 Å². The van der Waals surface area contributed by atoms with E-state index in [1.165, 1.54) is 0 Å². The fourth-order valence-corrected chi connectivity index (χ4v) is 2.23. The monoisotopic (exact) mass is 335 g/mol. The Hall–Kier alpha value is -0.210. The van der Waals surface area contributed by atoms with Crippen LogP contribution in [0.1, 0.15) is 12.6 Å². The highest BCUT2D eigenvalue weighted by Crippen LogP contribution is 2.06. The third-order valence-corrected chi connectivity index (χ3v) is 3.88. The number of aryl methyl sites for hydroxylation is 1. The Morgan fingerprint density at radius 3 is 2.62 bits per heavy atom. The zero-order valence-corrected chi connectivity index (χ0v) is 11.8. The van der Waals surface area contributed by atoms with Gasteiger partial charge in [0.25, 0.3) is 0 Å². The van der Waals surface area contributed by atoms with Crippen LogP contribution >= 0.6 is 22.9 Å². The average Bonchev–Trinajstić information content (AvgIpc) is 2.76. The Labute approximate surface area is 110 Å². The molecule has 0 radical (unpaired) electrons. The molecule has 1 aromatic rings. The molecule has 0 aliphatic carbocycles. The van der Waals surface area contributed by atoms with Crippen LogP contribution in [0.15, 0.2) is 6.20 Å². The number of piperazine rings is 1. The van der Waals surface area contributed by atoms with Crippen LogP contribution in [0, 0.1) is 0 Å². The lowest BCUT2D eigenvalue weighted by molar-refractivity contribution is 0.196. The highest BCUT2D eigenvalue weighted by molar-refractivity contribution is 14.1. The van der Waals surface area contributed by atoms with Gasteiger partial charge in [0.1, 0.15) is 0 Å². The predicted molar refractivity (Wildman–Crippen MR) is 71.4 cm³/mol. The van der Waals surface area contributed by atoms with E-state index < -0.39 is 0 Å². The predicted octanol–water partition coefficient (Wildman–Crippen LogP) is 0.808. The van der Waals surface area contributed by atoms with E-state index in [1.54, 1.807) is 0 Å². The first-order chi connectivity index (χ1) is 7.78. The van der Waals surface area contributed by atoms with E-state index in [2.05, 4.69) is 54.3 Å². The molecular weight excluding hydrogens is 317 g/mol. The second-order valence-electron chi connectivity index (χ2n) is 4.08. The smallest absolute Gasteiger partial charge is 0.0824 e. The maximum atomic E-state index is 4.11. The SMILES string of the molecule is CCc1cn(CCN2CCN(I)CC2)nn1. The molecule has 1 aliphatic rings. The number of aromatic nitrogens is 3. The van der Waals surface area contributed by atoms with Crippen LogP contribution in [0.25, 0.3) is 0 Å². The molecule has 2 heterocycles. The molecule has 90 valence electrons. The molecule has 1 fully saturated rings. The molecular formula is C10H18IN5. The fraction of sp³-hybridized carbons (Fsp3) is 0.800. The Kier molecular flexibility index (Phi) is 4.54. The van der Waals surface area contributed by atoms with E-state index >= 15 is 0 Å². The standard InChI is InChI=1S/C10H18IN5/c1-2-10-9-16(13-12-10)8-5-14-3-6-15(11)7-4-14/h9H,2-8H2,1H3. The minimum atomic E-state index is 0.953. The van der Waals surface area contributed by atoms with Gasteiger partial charge in [0.15, 0.2) is 0 Å². The van der Waals surface area contributed by atoms with Crippen LogP contribution in [-0.2, 0) is 13.0 Å². The van der Waals surface area contributed by atoms with Crippen molar-refractivity contribution < 1.29 is 0 Å². The average molecular weight is 335 g/mol. The number of halogens is 1. The van der Waals surface area contributed by atoms with Gasteiger partial charge in [0.2, 0.25) is 0 Å².